The van der Waals surface area contributed by atoms with E-state index in [0.717, 1.165) is 5.75 Å². The number of hydrogen-bond donors (Lipinski definition) is 1. The number of carbonyl (C=O) groups excluding carboxylic acids is 3. The third-order valence-electron chi connectivity index (χ3n) is 3.53. The largest absolute Gasteiger partial charge is 0.497 e. The predicted octanol–water partition coefficient (Wildman–Crippen LogP) is 4.23. The first-order valence-corrected chi connectivity index (χ1v) is 9.40. The number of ketones is 1. The van der Waals surface area contributed by atoms with Crippen molar-refractivity contribution in [1.29, 1.82) is 0 Å². The van der Waals surface area contributed by atoms with Crippen molar-refractivity contribution in [3.63, 3.8) is 0 Å². The molecule has 2 aromatic rings. The number of benzene rings is 2. The van der Waals surface area contributed by atoms with Gasteiger partial charge in [0, 0.05) is 24.9 Å². The second-order valence-electron chi connectivity index (χ2n) is 7.39. The molecule has 0 amide bonds. The zero-order valence-electron chi connectivity index (χ0n) is 18.7. The summed E-state index contributed by atoms with van der Waals surface area (Å²) in [6, 6.07) is 14.0. The van der Waals surface area contributed by atoms with Gasteiger partial charge in [-0.25, -0.2) is 0 Å². The average Bonchev–Trinajstić information content (AvgIpc) is 2.67. The molecule has 170 valence electrons. The summed E-state index contributed by atoms with van der Waals surface area (Å²) >= 11 is 0. The summed E-state index contributed by atoms with van der Waals surface area (Å²) in [5.41, 5.74) is 0.176. The molecule has 0 saturated carbocycles. The Morgan fingerprint density at radius 1 is 0.871 bits per heavy atom. The fourth-order valence-corrected chi connectivity index (χ4v) is 2.16. The number of halogens is 1. The Labute approximate surface area is 189 Å². The van der Waals surface area contributed by atoms with E-state index in [4.69, 9.17) is 14.2 Å². The summed E-state index contributed by atoms with van der Waals surface area (Å²) in [6.07, 6.45) is 0. The number of nitrogens with one attached hydrogen (secondary N) is 1. The molecule has 0 fully saturated rings. The van der Waals surface area contributed by atoms with E-state index < -0.39 is 11.9 Å². The second-order valence-corrected chi connectivity index (χ2v) is 7.39. The lowest BCUT2D eigenvalue weighted by Crippen LogP contribution is -2.39. The lowest BCUT2D eigenvalue weighted by Gasteiger charge is -2.20. The summed E-state index contributed by atoms with van der Waals surface area (Å²) in [4.78, 5) is 34.3. The molecule has 0 saturated heterocycles. The van der Waals surface area contributed by atoms with Crippen LogP contribution in [0.4, 0.5) is 0 Å². The van der Waals surface area contributed by atoms with Gasteiger partial charge in [0.1, 0.15) is 5.75 Å². The highest BCUT2D eigenvalue weighted by molar-refractivity contribution is 5.98. The molecule has 0 aromatic heterocycles. The molecular weight excluding hydrogens is 422 g/mol. The lowest BCUT2D eigenvalue weighted by molar-refractivity contribution is -0.134. The van der Waals surface area contributed by atoms with Gasteiger partial charge >= 0.3 is 11.9 Å². The normalized spacial score (nSPS) is 10.0. The Kier molecular flexibility index (Phi) is 12.2. The molecule has 0 bridgehead atoms. The van der Waals surface area contributed by atoms with Crippen LogP contribution in [0.15, 0.2) is 48.5 Å². The zero-order valence-corrected chi connectivity index (χ0v) is 19.5. The maximum atomic E-state index is 12.2. The van der Waals surface area contributed by atoms with Gasteiger partial charge in [0.05, 0.1) is 13.7 Å². The predicted molar refractivity (Wildman–Crippen MR) is 121 cm³/mol. The Morgan fingerprint density at radius 3 is 1.87 bits per heavy atom. The number of hydrogen-bond acceptors (Lipinski definition) is 7. The lowest BCUT2D eigenvalue weighted by atomic mass is 10.1. The van der Waals surface area contributed by atoms with Crippen LogP contribution in [-0.4, -0.2) is 36.9 Å². The van der Waals surface area contributed by atoms with Crippen molar-refractivity contribution in [3.8, 4) is 17.2 Å². The molecule has 0 spiro atoms. The van der Waals surface area contributed by atoms with E-state index in [-0.39, 0.29) is 41.8 Å². The Morgan fingerprint density at radius 2 is 1.42 bits per heavy atom. The minimum absolute atomic E-state index is 0. The highest BCUT2D eigenvalue weighted by atomic mass is 35.5. The average molecular weight is 452 g/mol. The van der Waals surface area contributed by atoms with Crippen LogP contribution in [0.1, 0.15) is 45.0 Å². The molecule has 0 aliphatic heterocycles. The molecule has 0 aliphatic rings. The van der Waals surface area contributed by atoms with Crippen LogP contribution in [0.5, 0.6) is 17.2 Å². The highest BCUT2D eigenvalue weighted by Gasteiger charge is 2.16. The van der Waals surface area contributed by atoms with Crippen molar-refractivity contribution < 1.29 is 28.6 Å². The minimum Gasteiger partial charge on any atom is -0.497 e. The van der Waals surface area contributed by atoms with Gasteiger partial charge in [-0.05, 0) is 51.1 Å². The second kappa shape index (κ2) is 13.4. The van der Waals surface area contributed by atoms with Crippen molar-refractivity contribution >= 4 is 30.1 Å². The molecule has 7 nitrogen and oxygen atoms in total. The van der Waals surface area contributed by atoms with E-state index in [1.54, 1.807) is 7.11 Å². The number of rotatable bonds is 6. The fraction of sp³-hybridized carbons (Fsp3) is 0.348. The number of ether oxygens (including phenoxy) is 3. The van der Waals surface area contributed by atoms with Crippen molar-refractivity contribution in [2.45, 2.75) is 40.2 Å². The quantitative estimate of drug-likeness (QED) is 0.399. The third kappa shape index (κ3) is 11.8. The molecule has 0 radical (unpaired) electrons. The van der Waals surface area contributed by atoms with E-state index in [2.05, 4.69) is 5.32 Å². The van der Waals surface area contributed by atoms with Crippen LogP contribution in [-0.2, 0) is 9.59 Å². The molecule has 0 heterocycles. The van der Waals surface area contributed by atoms with Crippen LogP contribution >= 0.6 is 12.4 Å². The van der Waals surface area contributed by atoms with Crippen molar-refractivity contribution in [3.05, 3.63) is 54.1 Å². The zero-order chi connectivity index (χ0) is 22.7. The minimum atomic E-state index is -0.564. The Bertz CT molecular complexity index is 862. The van der Waals surface area contributed by atoms with Gasteiger partial charge in [-0.2, -0.15) is 0 Å². The van der Waals surface area contributed by atoms with E-state index in [9.17, 15) is 14.4 Å². The molecule has 31 heavy (non-hydrogen) atoms. The van der Waals surface area contributed by atoms with Crippen molar-refractivity contribution in [1.82, 2.24) is 5.32 Å². The SMILES string of the molecule is CC(=O)Oc1ccc(C(=O)CNC(C)(C)C)cc1OC(C)=O.COc1ccccc1.Cl. The van der Waals surface area contributed by atoms with Crippen LogP contribution in [0.3, 0.4) is 0 Å². The van der Waals surface area contributed by atoms with Gasteiger partial charge < -0.3 is 19.5 Å². The van der Waals surface area contributed by atoms with Gasteiger partial charge in [-0.1, -0.05) is 18.2 Å². The smallest absolute Gasteiger partial charge is 0.308 e. The highest BCUT2D eigenvalue weighted by Crippen LogP contribution is 2.29. The number of methoxy groups -OCH3 is 1. The molecule has 0 unspecified atom stereocenters. The van der Waals surface area contributed by atoms with Gasteiger partial charge in [0.2, 0.25) is 0 Å². The summed E-state index contributed by atoms with van der Waals surface area (Å²) in [5.74, 6) is -0.203. The summed E-state index contributed by atoms with van der Waals surface area (Å²) < 4.78 is 14.9. The maximum Gasteiger partial charge on any atom is 0.308 e. The fourth-order valence-electron chi connectivity index (χ4n) is 2.16. The van der Waals surface area contributed by atoms with E-state index in [0.29, 0.717) is 5.56 Å². The van der Waals surface area contributed by atoms with Gasteiger partial charge in [0.25, 0.3) is 0 Å². The van der Waals surface area contributed by atoms with Crippen LogP contribution < -0.4 is 19.5 Å². The molecule has 8 heteroatoms. The number of carbonyl (C=O) groups is 3. The number of Topliss-reactive ketones (excluding diaryl/α,β-unsaturated/α-hetero) is 1. The first-order chi connectivity index (χ1) is 14.0. The molecular formula is C23H30ClNO6. The van der Waals surface area contributed by atoms with E-state index in [1.807, 2.05) is 51.1 Å². The van der Waals surface area contributed by atoms with Gasteiger partial charge in [-0.15, -0.1) is 12.4 Å². The topological polar surface area (TPSA) is 90.9 Å². The van der Waals surface area contributed by atoms with E-state index in [1.165, 1.54) is 32.0 Å². The van der Waals surface area contributed by atoms with Gasteiger partial charge in [-0.3, -0.25) is 14.4 Å². The van der Waals surface area contributed by atoms with Gasteiger partial charge in [0.15, 0.2) is 17.3 Å². The van der Waals surface area contributed by atoms with Crippen LogP contribution in [0.2, 0.25) is 0 Å². The third-order valence-corrected chi connectivity index (χ3v) is 3.53. The molecule has 2 rings (SSSR count). The molecule has 0 aliphatic carbocycles. The Balaban J connectivity index is 0.000000838. The molecule has 2 aromatic carbocycles. The Hall–Kier alpha value is -2.90. The standard InChI is InChI=1S/C16H21NO5.C7H8O.ClH/c1-10(18)21-14-7-6-12(8-15(14)22-11(2)19)13(20)9-17-16(3,4)5;1-8-7-5-3-2-4-6-7;/h6-8,17H,9H2,1-5H3;2-6H,1H3;1H. The monoisotopic (exact) mass is 451 g/mol. The van der Waals surface area contributed by atoms with Crippen molar-refractivity contribution in [2.24, 2.45) is 0 Å². The summed E-state index contributed by atoms with van der Waals surface area (Å²) in [7, 11) is 1.66. The summed E-state index contributed by atoms with van der Waals surface area (Å²) in [6.45, 7) is 8.48. The number of para-hydroxylation sites is 1. The summed E-state index contributed by atoms with van der Waals surface area (Å²) in [5, 5.41) is 3.08. The van der Waals surface area contributed by atoms with E-state index >= 15 is 0 Å². The first kappa shape index (κ1) is 28.1. The van der Waals surface area contributed by atoms with Crippen LogP contribution in [0.25, 0.3) is 0 Å². The molecule has 0 atom stereocenters. The molecule has 1 N–H and O–H groups in total. The number of esters is 2. The van der Waals surface area contributed by atoms with Crippen molar-refractivity contribution in [2.75, 3.05) is 13.7 Å². The maximum absolute atomic E-state index is 12.2. The van der Waals surface area contributed by atoms with Crippen LogP contribution in [0, 0.1) is 0 Å². The first-order valence-electron chi connectivity index (χ1n) is 9.40.